The van der Waals surface area contributed by atoms with E-state index in [0.29, 0.717) is 12.2 Å². The molecule has 2 rings (SSSR count). The minimum absolute atomic E-state index is 0.476. The fourth-order valence-electron chi connectivity index (χ4n) is 2.33. The van der Waals surface area contributed by atoms with Crippen LogP contribution in [0, 0.1) is 5.92 Å². The summed E-state index contributed by atoms with van der Waals surface area (Å²) in [5.41, 5.74) is 0. The van der Waals surface area contributed by atoms with E-state index in [4.69, 9.17) is 9.47 Å². The molecule has 1 saturated carbocycles. The van der Waals surface area contributed by atoms with E-state index in [0.717, 1.165) is 38.5 Å². The van der Waals surface area contributed by atoms with Crippen molar-refractivity contribution < 1.29 is 9.47 Å². The lowest BCUT2D eigenvalue weighted by Crippen LogP contribution is -2.40. The molecular weight excluding hydrogens is 178 g/mol. The number of hydrogen-bond donors (Lipinski definition) is 1. The maximum absolute atomic E-state index is 6.00. The lowest BCUT2D eigenvalue weighted by molar-refractivity contribution is -0.108. The van der Waals surface area contributed by atoms with E-state index in [2.05, 4.69) is 5.32 Å². The highest BCUT2D eigenvalue weighted by molar-refractivity contribution is 4.82. The molecule has 3 heteroatoms. The Morgan fingerprint density at radius 3 is 2.57 bits per heavy atom. The molecule has 0 unspecified atom stereocenters. The number of ether oxygens (including phenoxy) is 2. The van der Waals surface area contributed by atoms with Gasteiger partial charge in [0.05, 0.1) is 12.2 Å². The minimum Gasteiger partial charge on any atom is -0.381 e. The van der Waals surface area contributed by atoms with Crippen molar-refractivity contribution in [1.29, 1.82) is 0 Å². The number of nitrogens with one attached hydrogen (secondary N) is 1. The Hall–Kier alpha value is -0.120. The monoisotopic (exact) mass is 199 g/mol. The van der Waals surface area contributed by atoms with E-state index in [1.807, 2.05) is 7.05 Å². The summed E-state index contributed by atoms with van der Waals surface area (Å²) >= 11 is 0. The molecular formula is C11H21NO2. The van der Waals surface area contributed by atoms with E-state index >= 15 is 0 Å². The van der Waals surface area contributed by atoms with Crippen molar-refractivity contribution in [2.45, 2.75) is 37.9 Å². The lowest BCUT2D eigenvalue weighted by atomic mass is 9.82. The Morgan fingerprint density at radius 1 is 1.21 bits per heavy atom. The van der Waals surface area contributed by atoms with E-state index in [-0.39, 0.29) is 0 Å². The maximum Gasteiger partial charge on any atom is 0.0622 e. The number of hydrogen-bond acceptors (Lipinski definition) is 3. The van der Waals surface area contributed by atoms with Gasteiger partial charge in [0.2, 0.25) is 0 Å². The normalized spacial score (nSPS) is 34.1. The van der Waals surface area contributed by atoms with Gasteiger partial charge < -0.3 is 14.8 Å². The molecule has 1 N–H and O–H groups in total. The standard InChI is InChI=1S/C11H21NO2/c1-12-8-9-6-11(7-9)14-10-2-4-13-5-3-10/h9-12H,2-8H2,1H3. The van der Waals surface area contributed by atoms with Crippen LogP contribution in [0.3, 0.4) is 0 Å². The highest BCUT2D eigenvalue weighted by Gasteiger charge is 2.31. The zero-order chi connectivity index (χ0) is 9.80. The smallest absolute Gasteiger partial charge is 0.0622 e. The van der Waals surface area contributed by atoms with Gasteiger partial charge in [0, 0.05) is 13.2 Å². The molecule has 1 aliphatic carbocycles. The summed E-state index contributed by atoms with van der Waals surface area (Å²) in [5, 5.41) is 3.22. The Morgan fingerprint density at radius 2 is 1.93 bits per heavy atom. The van der Waals surface area contributed by atoms with Crippen molar-refractivity contribution >= 4 is 0 Å². The molecule has 0 aromatic heterocycles. The molecule has 1 aliphatic heterocycles. The summed E-state index contributed by atoms with van der Waals surface area (Å²) in [6.45, 7) is 2.92. The Bertz CT molecular complexity index is 163. The summed E-state index contributed by atoms with van der Waals surface area (Å²) in [7, 11) is 2.02. The van der Waals surface area contributed by atoms with E-state index in [1.165, 1.54) is 12.8 Å². The Kier molecular flexibility index (Phi) is 3.79. The molecule has 0 spiro atoms. The molecule has 0 bridgehead atoms. The van der Waals surface area contributed by atoms with Crippen molar-refractivity contribution in [3.8, 4) is 0 Å². The third kappa shape index (κ3) is 2.69. The van der Waals surface area contributed by atoms with Gasteiger partial charge in [-0.3, -0.25) is 0 Å². The number of rotatable bonds is 4. The van der Waals surface area contributed by atoms with E-state index in [1.54, 1.807) is 0 Å². The highest BCUT2D eigenvalue weighted by Crippen LogP contribution is 2.31. The van der Waals surface area contributed by atoms with Gasteiger partial charge in [-0.1, -0.05) is 0 Å². The predicted molar refractivity (Wildman–Crippen MR) is 55.4 cm³/mol. The largest absolute Gasteiger partial charge is 0.381 e. The van der Waals surface area contributed by atoms with Gasteiger partial charge in [-0.05, 0) is 45.2 Å². The second-order valence-electron chi connectivity index (χ2n) is 4.46. The molecule has 1 heterocycles. The second-order valence-corrected chi connectivity index (χ2v) is 4.46. The quantitative estimate of drug-likeness (QED) is 0.737. The van der Waals surface area contributed by atoms with Crippen LogP contribution in [0.4, 0.5) is 0 Å². The fourth-order valence-corrected chi connectivity index (χ4v) is 2.33. The van der Waals surface area contributed by atoms with Crippen LogP contribution in [0.15, 0.2) is 0 Å². The molecule has 0 amide bonds. The third-order valence-electron chi connectivity index (χ3n) is 3.24. The van der Waals surface area contributed by atoms with Crippen molar-refractivity contribution in [2.75, 3.05) is 26.8 Å². The van der Waals surface area contributed by atoms with Crippen LogP contribution in [-0.2, 0) is 9.47 Å². The van der Waals surface area contributed by atoms with Gasteiger partial charge in [0.1, 0.15) is 0 Å². The summed E-state index contributed by atoms with van der Waals surface area (Å²) < 4.78 is 11.3. The van der Waals surface area contributed by atoms with Crippen molar-refractivity contribution in [3.63, 3.8) is 0 Å². The molecule has 0 aromatic carbocycles. The first-order valence-corrected chi connectivity index (χ1v) is 5.76. The average molecular weight is 199 g/mol. The highest BCUT2D eigenvalue weighted by atomic mass is 16.5. The zero-order valence-corrected chi connectivity index (χ0v) is 9.00. The Balaban J connectivity index is 1.58. The van der Waals surface area contributed by atoms with Gasteiger partial charge in [-0.25, -0.2) is 0 Å². The first-order chi connectivity index (χ1) is 6.88. The van der Waals surface area contributed by atoms with Crippen LogP contribution in [0.25, 0.3) is 0 Å². The molecule has 2 fully saturated rings. The summed E-state index contributed by atoms with van der Waals surface area (Å²) in [6, 6.07) is 0. The van der Waals surface area contributed by atoms with Crippen LogP contribution >= 0.6 is 0 Å². The summed E-state index contributed by atoms with van der Waals surface area (Å²) in [4.78, 5) is 0. The van der Waals surface area contributed by atoms with Gasteiger partial charge >= 0.3 is 0 Å². The SMILES string of the molecule is CNCC1CC(OC2CCOCC2)C1. The first kappa shape index (κ1) is 10.4. The molecule has 82 valence electrons. The Labute approximate surface area is 86.2 Å². The fraction of sp³-hybridized carbons (Fsp3) is 1.00. The van der Waals surface area contributed by atoms with Crippen molar-refractivity contribution in [1.82, 2.24) is 5.32 Å². The van der Waals surface area contributed by atoms with Gasteiger partial charge in [-0.2, -0.15) is 0 Å². The van der Waals surface area contributed by atoms with Gasteiger partial charge in [-0.15, -0.1) is 0 Å². The van der Waals surface area contributed by atoms with Gasteiger partial charge in [0.15, 0.2) is 0 Å². The summed E-state index contributed by atoms with van der Waals surface area (Å²) in [6.07, 6.45) is 5.69. The average Bonchev–Trinajstić information content (AvgIpc) is 2.16. The molecule has 0 atom stereocenters. The molecule has 3 nitrogen and oxygen atoms in total. The second kappa shape index (κ2) is 5.10. The first-order valence-electron chi connectivity index (χ1n) is 5.76. The predicted octanol–water partition coefficient (Wildman–Crippen LogP) is 1.18. The molecule has 0 aromatic rings. The van der Waals surface area contributed by atoms with Crippen LogP contribution in [-0.4, -0.2) is 39.0 Å². The van der Waals surface area contributed by atoms with Gasteiger partial charge in [0.25, 0.3) is 0 Å². The lowest BCUT2D eigenvalue weighted by Gasteiger charge is -2.38. The van der Waals surface area contributed by atoms with Crippen LogP contribution in [0.2, 0.25) is 0 Å². The summed E-state index contributed by atoms with van der Waals surface area (Å²) in [5.74, 6) is 0.852. The van der Waals surface area contributed by atoms with E-state index < -0.39 is 0 Å². The third-order valence-corrected chi connectivity index (χ3v) is 3.24. The van der Waals surface area contributed by atoms with Crippen LogP contribution < -0.4 is 5.32 Å². The zero-order valence-electron chi connectivity index (χ0n) is 9.00. The van der Waals surface area contributed by atoms with Crippen LogP contribution in [0.1, 0.15) is 25.7 Å². The molecule has 0 radical (unpaired) electrons. The van der Waals surface area contributed by atoms with E-state index in [9.17, 15) is 0 Å². The van der Waals surface area contributed by atoms with Crippen molar-refractivity contribution in [2.24, 2.45) is 5.92 Å². The molecule has 14 heavy (non-hydrogen) atoms. The van der Waals surface area contributed by atoms with Crippen molar-refractivity contribution in [3.05, 3.63) is 0 Å². The van der Waals surface area contributed by atoms with Crippen LogP contribution in [0.5, 0.6) is 0 Å². The molecule has 2 aliphatic rings. The topological polar surface area (TPSA) is 30.5 Å². The minimum atomic E-state index is 0.476. The maximum atomic E-state index is 6.00. The molecule has 1 saturated heterocycles.